The van der Waals surface area contributed by atoms with Gasteiger partial charge in [0.05, 0.1) is 5.60 Å². The Morgan fingerprint density at radius 2 is 2.15 bits per heavy atom. The topological polar surface area (TPSA) is 52.3 Å². The molecule has 1 spiro atoms. The number of nitrogens with two attached hydrogens (primary N) is 1. The summed E-state index contributed by atoms with van der Waals surface area (Å²) in [6.07, 6.45) is 7.70. The molecule has 114 valence electrons. The van der Waals surface area contributed by atoms with Gasteiger partial charge in [-0.25, -0.2) is 0 Å². The fourth-order valence-corrected chi connectivity index (χ4v) is 5.68. The van der Waals surface area contributed by atoms with Crippen molar-refractivity contribution in [2.75, 3.05) is 24.7 Å². The molecule has 0 aromatic rings. The van der Waals surface area contributed by atoms with Crippen LogP contribution in [0, 0.1) is 17.8 Å². The van der Waals surface area contributed by atoms with Crippen LogP contribution in [0.5, 0.6) is 0 Å². The zero-order valence-corrected chi connectivity index (χ0v) is 13.1. The Balaban J connectivity index is 1.66. The molecule has 2 aliphatic heterocycles. The molecule has 2 N–H and O–H groups in total. The molecule has 2 heterocycles. The van der Waals surface area contributed by atoms with Crippen LogP contribution in [0.1, 0.15) is 44.9 Å². The Labute approximate surface area is 126 Å². The zero-order valence-electron chi connectivity index (χ0n) is 12.3. The maximum atomic E-state index is 12.9. The van der Waals surface area contributed by atoms with Gasteiger partial charge in [-0.3, -0.25) is 4.79 Å². The van der Waals surface area contributed by atoms with Crippen molar-refractivity contribution < 1.29 is 9.53 Å². The molecule has 3 rings (SSSR count). The number of hydrogen-bond acceptors (Lipinski definition) is 4. The molecule has 20 heavy (non-hydrogen) atoms. The normalized spacial score (nSPS) is 42.0. The highest BCUT2D eigenvalue weighted by molar-refractivity contribution is 7.99. The summed E-state index contributed by atoms with van der Waals surface area (Å²) in [4.78, 5) is 12.9. The van der Waals surface area contributed by atoms with Crippen molar-refractivity contribution in [3.05, 3.63) is 0 Å². The van der Waals surface area contributed by atoms with E-state index in [1.165, 1.54) is 18.6 Å². The maximum absolute atomic E-state index is 12.9. The SMILES string of the molecule is NCC1CCCCC1C(=O)C1CCOC2(CCSC2)C1. The van der Waals surface area contributed by atoms with Crippen LogP contribution in [0.4, 0.5) is 0 Å². The number of carbonyl (C=O) groups excluding carboxylic acids is 1. The van der Waals surface area contributed by atoms with Gasteiger partial charge in [0.1, 0.15) is 5.78 Å². The van der Waals surface area contributed by atoms with E-state index in [0.717, 1.165) is 44.5 Å². The largest absolute Gasteiger partial charge is 0.374 e. The van der Waals surface area contributed by atoms with Gasteiger partial charge >= 0.3 is 0 Å². The summed E-state index contributed by atoms with van der Waals surface area (Å²) in [7, 11) is 0. The Morgan fingerprint density at radius 3 is 2.90 bits per heavy atom. The Bertz CT molecular complexity index is 354. The number of hydrogen-bond donors (Lipinski definition) is 1. The Hall–Kier alpha value is -0.0600. The minimum atomic E-state index is 0.0239. The number of rotatable bonds is 3. The third-order valence-corrected chi connectivity index (χ3v) is 6.76. The molecular formula is C16H27NO2S. The lowest BCUT2D eigenvalue weighted by Gasteiger charge is -2.40. The van der Waals surface area contributed by atoms with Gasteiger partial charge in [0.15, 0.2) is 0 Å². The summed E-state index contributed by atoms with van der Waals surface area (Å²) < 4.78 is 6.05. The van der Waals surface area contributed by atoms with Gasteiger partial charge in [-0.15, -0.1) is 0 Å². The highest BCUT2D eigenvalue weighted by atomic mass is 32.2. The predicted molar refractivity (Wildman–Crippen MR) is 82.9 cm³/mol. The second kappa shape index (κ2) is 6.37. The summed E-state index contributed by atoms with van der Waals surface area (Å²) in [6, 6.07) is 0. The smallest absolute Gasteiger partial charge is 0.139 e. The van der Waals surface area contributed by atoms with E-state index in [-0.39, 0.29) is 17.4 Å². The van der Waals surface area contributed by atoms with Crippen molar-refractivity contribution in [1.82, 2.24) is 0 Å². The molecule has 3 fully saturated rings. The first-order valence-corrected chi connectivity index (χ1v) is 9.35. The minimum absolute atomic E-state index is 0.0239. The van der Waals surface area contributed by atoms with Crippen LogP contribution in [0.15, 0.2) is 0 Å². The lowest BCUT2D eigenvalue weighted by atomic mass is 9.71. The Kier molecular flexibility index (Phi) is 4.73. The highest BCUT2D eigenvalue weighted by Crippen LogP contribution is 2.42. The quantitative estimate of drug-likeness (QED) is 0.870. The number of ketones is 1. The van der Waals surface area contributed by atoms with E-state index in [1.54, 1.807) is 0 Å². The molecule has 0 amide bonds. The predicted octanol–water partition coefficient (Wildman–Crippen LogP) is 2.62. The van der Waals surface area contributed by atoms with Gasteiger partial charge in [-0.1, -0.05) is 12.8 Å². The fourth-order valence-electron chi connectivity index (χ4n) is 4.30. The molecule has 0 bridgehead atoms. The summed E-state index contributed by atoms with van der Waals surface area (Å²) >= 11 is 1.98. The maximum Gasteiger partial charge on any atom is 0.139 e. The van der Waals surface area contributed by atoms with Gasteiger partial charge in [0.2, 0.25) is 0 Å². The summed E-state index contributed by atoms with van der Waals surface area (Å²) in [5.41, 5.74) is 5.92. The van der Waals surface area contributed by atoms with E-state index >= 15 is 0 Å². The van der Waals surface area contributed by atoms with Crippen LogP contribution < -0.4 is 5.73 Å². The first kappa shape index (κ1) is 14.9. The zero-order chi connectivity index (χ0) is 14.0. The van der Waals surface area contributed by atoms with Crippen molar-refractivity contribution in [3.8, 4) is 0 Å². The van der Waals surface area contributed by atoms with Crippen molar-refractivity contribution >= 4 is 17.5 Å². The van der Waals surface area contributed by atoms with E-state index in [9.17, 15) is 4.79 Å². The van der Waals surface area contributed by atoms with Crippen molar-refractivity contribution in [1.29, 1.82) is 0 Å². The van der Waals surface area contributed by atoms with Gasteiger partial charge in [0.25, 0.3) is 0 Å². The Morgan fingerprint density at radius 1 is 1.30 bits per heavy atom. The molecule has 4 unspecified atom stereocenters. The molecule has 4 atom stereocenters. The van der Waals surface area contributed by atoms with Crippen LogP contribution >= 0.6 is 11.8 Å². The number of carbonyl (C=O) groups is 1. The summed E-state index contributed by atoms with van der Waals surface area (Å²) in [5, 5.41) is 0. The second-order valence-corrected chi connectivity index (χ2v) is 7.92. The minimum Gasteiger partial charge on any atom is -0.374 e. The molecule has 0 radical (unpaired) electrons. The van der Waals surface area contributed by atoms with Crippen LogP contribution in [-0.4, -0.2) is 36.0 Å². The third kappa shape index (κ3) is 2.93. The highest BCUT2D eigenvalue weighted by Gasteiger charge is 2.44. The lowest BCUT2D eigenvalue weighted by molar-refractivity contribution is -0.140. The van der Waals surface area contributed by atoms with E-state index < -0.39 is 0 Å². The molecule has 1 aliphatic carbocycles. The molecule has 1 saturated carbocycles. The molecule has 4 heteroatoms. The standard InChI is InChI=1S/C16H27NO2S/c17-10-13-3-1-2-4-14(13)15(18)12-5-7-19-16(9-12)6-8-20-11-16/h12-14H,1-11,17H2. The number of ether oxygens (including phenoxy) is 1. The number of Topliss-reactive ketones (excluding diaryl/α,β-unsaturated/α-hetero) is 1. The average molecular weight is 297 g/mol. The summed E-state index contributed by atoms with van der Waals surface area (Å²) in [5.74, 6) is 3.70. The lowest BCUT2D eigenvalue weighted by Crippen LogP contribution is -2.45. The van der Waals surface area contributed by atoms with Crippen LogP contribution in [0.25, 0.3) is 0 Å². The van der Waals surface area contributed by atoms with Crippen molar-refractivity contribution in [3.63, 3.8) is 0 Å². The summed E-state index contributed by atoms with van der Waals surface area (Å²) in [6.45, 7) is 1.46. The number of thioether (sulfide) groups is 1. The van der Waals surface area contributed by atoms with Gasteiger partial charge in [-0.2, -0.15) is 11.8 Å². The van der Waals surface area contributed by atoms with Crippen LogP contribution in [-0.2, 0) is 9.53 Å². The first-order valence-electron chi connectivity index (χ1n) is 8.20. The second-order valence-electron chi connectivity index (χ2n) is 6.81. The van der Waals surface area contributed by atoms with Crippen molar-refractivity contribution in [2.24, 2.45) is 23.5 Å². The molecule has 0 aromatic carbocycles. The third-order valence-electron chi connectivity index (χ3n) is 5.54. The van der Waals surface area contributed by atoms with E-state index in [0.29, 0.717) is 18.2 Å². The molecule has 3 nitrogen and oxygen atoms in total. The van der Waals surface area contributed by atoms with Gasteiger partial charge in [-0.05, 0) is 50.3 Å². The monoisotopic (exact) mass is 297 g/mol. The molecule has 3 aliphatic rings. The fraction of sp³-hybridized carbons (Fsp3) is 0.938. The molecular weight excluding hydrogens is 270 g/mol. The van der Waals surface area contributed by atoms with E-state index in [1.807, 2.05) is 11.8 Å². The average Bonchev–Trinajstić information content (AvgIpc) is 2.94. The molecule has 0 aromatic heterocycles. The van der Waals surface area contributed by atoms with Crippen LogP contribution in [0.3, 0.4) is 0 Å². The van der Waals surface area contributed by atoms with Gasteiger partial charge < -0.3 is 10.5 Å². The first-order chi connectivity index (χ1) is 9.74. The van der Waals surface area contributed by atoms with Gasteiger partial charge in [0, 0.05) is 24.2 Å². The van der Waals surface area contributed by atoms with Crippen molar-refractivity contribution in [2.45, 2.75) is 50.5 Å². The van der Waals surface area contributed by atoms with E-state index in [2.05, 4.69) is 0 Å². The van der Waals surface area contributed by atoms with Crippen LogP contribution in [0.2, 0.25) is 0 Å². The molecule has 2 saturated heterocycles. The van der Waals surface area contributed by atoms with E-state index in [4.69, 9.17) is 10.5 Å².